The summed E-state index contributed by atoms with van der Waals surface area (Å²) in [5.74, 6) is 1.69. The predicted octanol–water partition coefficient (Wildman–Crippen LogP) is 2.33. The van der Waals surface area contributed by atoms with E-state index >= 15 is 0 Å². The van der Waals surface area contributed by atoms with E-state index in [0.29, 0.717) is 17.6 Å². The fourth-order valence-electron chi connectivity index (χ4n) is 5.62. The van der Waals surface area contributed by atoms with Gasteiger partial charge in [-0.05, 0) is 44.2 Å². The molecule has 0 spiro atoms. The number of nitrogens with one attached hydrogen (secondary N) is 2. The fraction of sp³-hybridized carbons (Fsp3) is 0.429. The van der Waals surface area contributed by atoms with Gasteiger partial charge in [0.2, 0.25) is 0 Å². The lowest BCUT2D eigenvalue weighted by atomic mass is 9.96. The Balaban J connectivity index is 1.41. The second-order valence-electron chi connectivity index (χ2n) is 8.23. The Bertz CT molecular complexity index is 1210. The van der Waals surface area contributed by atoms with Crippen molar-refractivity contribution in [1.82, 2.24) is 19.5 Å². The molecule has 2 N–H and O–H groups in total. The lowest BCUT2D eigenvalue weighted by Gasteiger charge is -2.40. The average molecular weight is 387 g/mol. The van der Waals surface area contributed by atoms with E-state index in [-0.39, 0.29) is 11.7 Å². The molecule has 0 saturated carbocycles. The first-order chi connectivity index (χ1) is 14.2. The first kappa shape index (κ1) is 16.6. The fourth-order valence-corrected chi connectivity index (χ4v) is 5.62. The Labute approximate surface area is 167 Å². The van der Waals surface area contributed by atoms with Crippen LogP contribution in [0.4, 0.5) is 11.6 Å². The number of hydrogen-bond acceptors (Lipinski definition) is 6. The van der Waals surface area contributed by atoms with Gasteiger partial charge >= 0.3 is 5.69 Å². The van der Waals surface area contributed by atoms with Crippen LogP contribution in [-0.2, 0) is 6.42 Å². The molecule has 2 saturated heterocycles. The van der Waals surface area contributed by atoms with Crippen molar-refractivity contribution in [3.63, 3.8) is 0 Å². The van der Waals surface area contributed by atoms with E-state index < -0.39 is 0 Å². The minimum Gasteiger partial charge on any atom is -0.369 e. The molecule has 3 aliphatic heterocycles. The van der Waals surface area contributed by atoms with E-state index in [0.717, 1.165) is 66.9 Å². The van der Waals surface area contributed by atoms with Crippen LogP contribution in [0.5, 0.6) is 0 Å². The number of aromatic nitrogens is 4. The van der Waals surface area contributed by atoms with Crippen molar-refractivity contribution in [2.75, 3.05) is 16.8 Å². The number of pyridine rings is 2. The molecule has 29 heavy (non-hydrogen) atoms. The largest absolute Gasteiger partial charge is 0.369 e. The van der Waals surface area contributed by atoms with E-state index in [2.05, 4.69) is 31.2 Å². The summed E-state index contributed by atoms with van der Waals surface area (Å²) in [5, 5.41) is 12.8. The molecule has 3 atom stereocenters. The third kappa shape index (κ3) is 2.33. The van der Waals surface area contributed by atoms with Gasteiger partial charge in [-0.3, -0.25) is 4.57 Å². The van der Waals surface area contributed by atoms with Crippen LogP contribution in [0.25, 0.3) is 11.0 Å². The summed E-state index contributed by atoms with van der Waals surface area (Å²) < 4.78 is 1.98. The second kappa shape index (κ2) is 6.08. The molecule has 0 radical (unpaired) electrons. The summed E-state index contributed by atoms with van der Waals surface area (Å²) in [6.45, 7) is 0.862. The zero-order chi connectivity index (χ0) is 19.5. The van der Waals surface area contributed by atoms with Crippen molar-refractivity contribution in [2.24, 2.45) is 0 Å². The highest BCUT2D eigenvalue weighted by Gasteiger charge is 2.43. The Morgan fingerprint density at radius 3 is 2.79 bits per heavy atom. The number of nitriles is 1. The lowest BCUT2D eigenvalue weighted by Crippen LogP contribution is -2.45. The second-order valence-corrected chi connectivity index (χ2v) is 8.23. The first-order valence-corrected chi connectivity index (χ1v) is 10.2. The molecule has 0 amide bonds. The van der Waals surface area contributed by atoms with Gasteiger partial charge in [0.15, 0.2) is 0 Å². The normalized spacial score (nSPS) is 25.1. The van der Waals surface area contributed by atoms with Gasteiger partial charge < -0.3 is 15.2 Å². The Hall–Kier alpha value is -3.34. The number of H-pyrrole nitrogens is 1. The molecule has 8 nitrogen and oxygen atoms in total. The molecule has 0 aromatic carbocycles. The number of rotatable bonds is 2. The van der Waals surface area contributed by atoms with Gasteiger partial charge in [-0.2, -0.15) is 5.26 Å². The topological polar surface area (TPSA) is 103 Å². The van der Waals surface area contributed by atoms with Crippen LogP contribution >= 0.6 is 0 Å². The van der Waals surface area contributed by atoms with Crippen molar-refractivity contribution < 1.29 is 0 Å². The minimum atomic E-state index is -0.0458. The number of aromatic amines is 1. The van der Waals surface area contributed by atoms with Gasteiger partial charge in [0, 0.05) is 36.4 Å². The van der Waals surface area contributed by atoms with Crippen molar-refractivity contribution in [1.29, 1.82) is 5.26 Å². The molecule has 3 aliphatic rings. The van der Waals surface area contributed by atoms with Gasteiger partial charge in [0.1, 0.15) is 17.7 Å². The monoisotopic (exact) mass is 387 g/mol. The maximum atomic E-state index is 12.9. The number of hydrogen-bond donors (Lipinski definition) is 2. The van der Waals surface area contributed by atoms with Crippen LogP contribution in [-0.4, -0.2) is 38.1 Å². The first-order valence-electron chi connectivity index (χ1n) is 10.2. The van der Waals surface area contributed by atoms with Gasteiger partial charge in [0.25, 0.3) is 0 Å². The van der Waals surface area contributed by atoms with E-state index in [1.54, 1.807) is 12.4 Å². The van der Waals surface area contributed by atoms with Crippen molar-refractivity contribution >= 4 is 22.7 Å². The number of anilines is 2. The summed E-state index contributed by atoms with van der Waals surface area (Å²) >= 11 is 0. The Morgan fingerprint density at radius 1 is 1.17 bits per heavy atom. The number of nitrogens with zero attached hydrogens (tertiary/aromatic N) is 5. The van der Waals surface area contributed by atoms with Crippen LogP contribution in [0.15, 0.2) is 29.3 Å². The third-order valence-electron chi connectivity index (χ3n) is 6.74. The molecule has 2 bridgehead atoms. The molecule has 3 aromatic heterocycles. The maximum absolute atomic E-state index is 12.9. The van der Waals surface area contributed by atoms with Crippen molar-refractivity contribution in [3.05, 3.63) is 46.1 Å². The molecular weight excluding hydrogens is 366 g/mol. The lowest BCUT2D eigenvalue weighted by molar-refractivity contribution is 0.334. The van der Waals surface area contributed by atoms with E-state index in [4.69, 9.17) is 0 Å². The predicted molar refractivity (Wildman–Crippen MR) is 109 cm³/mol. The highest BCUT2D eigenvalue weighted by molar-refractivity contribution is 5.83. The minimum absolute atomic E-state index is 0.0458. The van der Waals surface area contributed by atoms with Crippen molar-refractivity contribution in [2.45, 2.75) is 50.2 Å². The molecule has 2 fully saturated rings. The SMILES string of the molecule is N#Cc1cccnc1N1[C@@H]2CC[C@H]1CC(n1c(=O)[nH]c3cnc4c(c31)CCN4)C2. The number of fused-ring (bicyclic) bond motifs is 5. The quantitative estimate of drug-likeness (QED) is 0.700. The van der Waals surface area contributed by atoms with Gasteiger partial charge in [-0.25, -0.2) is 14.8 Å². The molecule has 0 aliphatic carbocycles. The van der Waals surface area contributed by atoms with Crippen LogP contribution in [0.2, 0.25) is 0 Å². The Kier molecular flexibility index (Phi) is 3.48. The van der Waals surface area contributed by atoms with E-state index in [1.165, 1.54) is 0 Å². The third-order valence-corrected chi connectivity index (χ3v) is 6.74. The van der Waals surface area contributed by atoms with Crippen LogP contribution in [0.1, 0.15) is 42.9 Å². The maximum Gasteiger partial charge on any atom is 0.326 e. The molecular formula is C21H21N7O. The van der Waals surface area contributed by atoms with E-state index in [1.807, 2.05) is 16.7 Å². The summed E-state index contributed by atoms with van der Waals surface area (Å²) in [6, 6.07) is 6.67. The number of imidazole rings is 1. The zero-order valence-electron chi connectivity index (χ0n) is 15.9. The summed E-state index contributed by atoms with van der Waals surface area (Å²) in [7, 11) is 0. The highest BCUT2D eigenvalue weighted by atomic mass is 16.1. The number of piperidine rings is 1. The van der Waals surface area contributed by atoms with Crippen LogP contribution in [0, 0.1) is 11.3 Å². The van der Waals surface area contributed by atoms with Crippen LogP contribution in [0.3, 0.4) is 0 Å². The molecule has 1 unspecified atom stereocenters. The van der Waals surface area contributed by atoms with E-state index in [9.17, 15) is 10.1 Å². The summed E-state index contributed by atoms with van der Waals surface area (Å²) in [5.41, 5.74) is 3.56. The van der Waals surface area contributed by atoms with Crippen LogP contribution < -0.4 is 15.9 Å². The van der Waals surface area contributed by atoms with Crippen molar-refractivity contribution in [3.8, 4) is 6.07 Å². The van der Waals surface area contributed by atoms with Gasteiger partial charge in [0.05, 0.1) is 22.8 Å². The standard InChI is InChI=1S/C21H21N7O/c22-10-12-2-1-6-24-20(12)27-13-3-4-14(27)9-15(8-13)28-18-16-5-7-23-19(16)25-11-17(18)26-21(28)29/h1-2,6,11,13-15H,3-5,7-9H2,(H,23,25)(H,26,29)/t13-,14+,15?. The molecule has 6 heterocycles. The molecule has 3 aromatic rings. The zero-order valence-corrected chi connectivity index (χ0v) is 15.9. The molecule has 6 rings (SSSR count). The Morgan fingerprint density at radius 2 is 2.00 bits per heavy atom. The van der Waals surface area contributed by atoms with Gasteiger partial charge in [-0.15, -0.1) is 0 Å². The van der Waals surface area contributed by atoms with Gasteiger partial charge in [-0.1, -0.05) is 0 Å². The smallest absolute Gasteiger partial charge is 0.326 e. The summed E-state index contributed by atoms with van der Waals surface area (Å²) in [4.78, 5) is 27.2. The summed E-state index contributed by atoms with van der Waals surface area (Å²) in [6.07, 6.45) is 8.32. The molecule has 146 valence electrons. The molecule has 8 heteroatoms. The average Bonchev–Trinajstić information content (AvgIpc) is 3.41. The highest BCUT2D eigenvalue weighted by Crippen LogP contribution is 2.44.